The minimum Gasteiger partial charge on any atom is -0.356 e. The molecule has 2 heterocycles. The molecule has 2 rings (SSSR count). The van der Waals surface area contributed by atoms with Gasteiger partial charge in [-0.1, -0.05) is 26.7 Å². The molecule has 2 atom stereocenters. The Hall–Kier alpha value is -0.790. The first kappa shape index (κ1) is 19.3. The second-order valence-corrected chi connectivity index (χ2v) is 5.97. The molecule has 1 fully saturated rings. The molecule has 1 aliphatic heterocycles. The monoisotopic (exact) mass is 419 g/mol. The van der Waals surface area contributed by atoms with Crippen molar-refractivity contribution in [3.05, 3.63) is 18.7 Å². The van der Waals surface area contributed by atoms with E-state index in [4.69, 9.17) is 0 Å². The molecule has 22 heavy (non-hydrogen) atoms. The van der Waals surface area contributed by atoms with Crippen LogP contribution in [0.4, 0.5) is 0 Å². The molecule has 126 valence electrons. The molecule has 0 bridgehead atoms. The topological polar surface area (TPSA) is 45.5 Å². The highest BCUT2D eigenvalue weighted by Gasteiger charge is 2.28. The van der Waals surface area contributed by atoms with Crippen LogP contribution >= 0.6 is 24.0 Å². The normalized spacial score (nSPS) is 22.3. The van der Waals surface area contributed by atoms with Crippen molar-refractivity contribution in [2.75, 3.05) is 26.7 Å². The Morgan fingerprint density at radius 3 is 2.86 bits per heavy atom. The molecule has 2 unspecified atom stereocenters. The van der Waals surface area contributed by atoms with Gasteiger partial charge in [-0.3, -0.25) is 4.99 Å². The predicted molar refractivity (Wildman–Crippen MR) is 103 cm³/mol. The van der Waals surface area contributed by atoms with Gasteiger partial charge < -0.3 is 14.8 Å². The number of rotatable bonds is 5. The van der Waals surface area contributed by atoms with E-state index in [1.54, 1.807) is 0 Å². The van der Waals surface area contributed by atoms with E-state index < -0.39 is 0 Å². The Labute approximate surface area is 151 Å². The highest BCUT2D eigenvalue weighted by molar-refractivity contribution is 14.0. The number of nitrogens with zero attached hydrogens (tertiary/aromatic N) is 4. The number of imidazole rings is 1. The Morgan fingerprint density at radius 1 is 1.41 bits per heavy atom. The molecule has 1 aromatic rings. The van der Waals surface area contributed by atoms with Crippen molar-refractivity contribution in [2.45, 2.75) is 45.6 Å². The van der Waals surface area contributed by atoms with Gasteiger partial charge in [0.05, 0.1) is 12.4 Å². The minimum atomic E-state index is 0. The fourth-order valence-electron chi connectivity index (χ4n) is 3.00. The standard InChI is InChI=1S/C16H29N5.HI/c1-4-5-6-8-19-16(17-3)20-10-7-14(2)15(12-20)21-11-9-18-13-21;/h9,11,13-15H,4-8,10,12H2,1-3H3,(H,17,19);1H. The molecule has 1 aromatic heterocycles. The highest BCUT2D eigenvalue weighted by Crippen LogP contribution is 2.27. The summed E-state index contributed by atoms with van der Waals surface area (Å²) in [6.07, 6.45) is 10.8. The van der Waals surface area contributed by atoms with Crippen molar-refractivity contribution in [3.63, 3.8) is 0 Å². The van der Waals surface area contributed by atoms with Gasteiger partial charge in [0.25, 0.3) is 0 Å². The zero-order chi connectivity index (χ0) is 15.1. The van der Waals surface area contributed by atoms with Crippen LogP contribution in [0.15, 0.2) is 23.7 Å². The fourth-order valence-corrected chi connectivity index (χ4v) is 3.00. The third-order valence-corrected chi connectivity index (χ3v) is 4.40. The summed E-state index contributed by atoms with van der Waals surface area (Å²) in [4.78, 5) is 11.0. The average Bonchev–Trinajstić information content (AvgIpc) is 3.02. The fraction of sp³-hybridized carbons (Fsp3) is 0.750. The molecule has 1 N–H and O–H groups in total. The van der Waals surface area contributed by atoms with E-state index >= 15 is 0 Å². The lowest BCUT2D eigenvalue weighted by Gasteiger charge is -2.39. The maximum Gasteiger partial charge on any atom is 0.193 e. The molecule has 6 heteroatoms. The minimum absolute atomic E-state index is 0. The lowest BCUT2D eigenvalue weighted by molar-refractivity contribution is 0.189. The molecular formula is C16H30IN5. The van der Waals surface area contributed by atoms with Crippen LogP contribution in [0.1, 0.15) is 45.6 Å². The van der Waals surface area contributed by atoms with E-state index in [2.05, 4.69) is 44.8 Å². The van der Waals surface area contributed by atoms with Gasteiger partial charge in [0.15, 0.2) is 5.96 Å². The van der Waals surface area contributed by atoms with E-state index in [0.717, 1.165) is 25.6 Å². The number of piperidine rings is 1. The van der Waals surface area contributed by atoms with Crippen molar-refractivity contribution in [3.8, 4) is 0 Å². The third kappa shape index (κ3) is 5.14. The number of unbranched alkanes of at least 4 members (excludes halogenated alkanes) is 2. The second kappa shape index (κ2) is 10.1. The summed E-state index contributed by atoms with van der Waals surface area (Å²) in [5.41, 5.74) is 0. The molecule has 0 aliphatic carbocycles. The van der Waals surface area contributed by atoms with E-state index in [1.165, 1.54) is 25.7 Å². The van der Waals surface area contributed by atoms with Crippen LogP contribution in [-0.2, 0) is 0 Å². The molecule has 0 amide bonds. The first-order chi connectivity index (χ1) is 10.3. The van der Waals surface area contributed by atoms with Gasteiger partial charge in [0, 0.05) is 39.1 Å². The summed E-state index contributed by atoms with van der Waals surface area (Å²) >= 11 is 0. The SMILES string of the molecule is CCCCCNC(=NC)N1CCC(C)C(n2ccnc2)C1.I. The maximum atomic E-state index is 4.46. The zero-order valence-electron chi connectivity index (χ0n) is 14.0. The largest absolute Gasteiger partial charge is 0.356 e. The Balaban J connectivity index is 0.00000242. The van der Waals surface area contributed by atoms with Gasteiger partial charge in [0.2, 0.25) is 0 Å². The highest BCUT2D eigenvalue weighted by atomic mass is 127. The predicted octanol–water partition coefficient (Wildman–Crippen LogP) is 3.15. The molecule has 0 spiro atoms. The summed E-state index contributed by atoms with van der Waals surface area (Å²) in [6, 6.07) is 0.482. The molecule has 0 saturated carbocycles. The van der Waals surface area contributed by atoms with Crippen LogP contribution < -0.4 is 5.32 Å². The zero-order valence-corrected chi connectivity index (χ0v) is 16.4. The van der Waals surface area contributed by atoms with Gasteiger partial charge in [-0.2, -0.15) is 0 Å². The van der Waals surface area contributed by atoms with E-state index in [9.17, 15) is 0 Å². The van der Waals surface area contributed by atoms with Crippen molar-refractivity contribution >= 4 is 29.9 Å². The van der Waals surface area contributed by atoms with Gasteiger partial charge in [-0.05, 0) is 18.8 Å². The van der Waals surface area contributed by atoms with Gasteiger partial charge in [0.1, 0.15) is 0 Å². The van der Waals surface area contributed by atoms with Crippen LogP contribution in [-0.4, -0.2) is 47.1 Å². The van der Waals surface area contributed by atoms with E-state index in [0.29, 0.717) is 12.0 Å². The average molecular weight is 419 g/mol. The first-order valence-corrected chi connectivity index (χ1v) is 8.19. The molecule has 0 aromatic carbocycles. The lowest BCUT2D eigenvalue weighted by atomic mass is 9.93. The van der Waals surface area contributed by atoms with Crippen molar-refractivity contribution in [1.82, 2.24) is 19.8 Å². The van der Waals surface area contributed by atoms with E-state index in [-0.39, 0.29) is 24.0 Å². The Morgan fingerprint density at radius 2 is 2.23 bits per heavy atom. The van der Waals surface area contributed by atoms with Crippen LogP contribution in [0.5, 0.6) is 0 Å². The number of hydrogen-bond acceptors (Lipinski definition) is 2. The van der Waals surface area contributed by atoms with Gasteiger partial charge >= 0.3 is 0 Å². The van der Waals surface area contributed by atoms with Crippen LogP contribution in [0.2, 0.25) is 0 Å². The van der Waals surface area contributed by atoms with Crippen molar-refractivity contribution in [1.29, 1.82) is 0 Å². The number of guanidine groups is 1. The quantitative estimate of drug-likeness (QED) is 0.345. The van der Waals surface area contributed by atoms with Crippen molar-refractivity contribution < 1.29 is 0 Å². The van der Waals surface area contributed by atoms with E-state index in [1.807, 2.05) is 19.6 Å². The summed E-state index contributed by atoms with van der Waals surface area (Å²) in [5, 5.41) is 3.51. The smallest absolute Gasteiger partial charge is 0.193 e. The maximum absolute atomic E-state index is 4.46. The van der Waals surface area contributed by atoms with Crippen LogP contribution in [0.25, 0.3) is 0 Å². The third-order valence-electron chi connectivity index (χ3n) is 4.40. The molecule has 5 nitrogen and oxygen atoms in total. The van der Waals surface area contributed by atoms with Gasteiger partial charge in [-0.15, -0.1) is 24.0 Å². The molecular weight excluding hydrogens is 389 g/mol. The number of halogens is 1. The second-order valence-electron chi connectivity index (χ2n) is 5.97. The molecule has 1 aliphatic rings. The number of hydrogen-bond donors (Lipinski definition) is 1. The molecule has 1 saturated heterocycles. The van der Waals surface area contributed by atoms with Crippen molar-refractivity contribution in [2.24, 2.45) is 10.9 Å². The van der Waals surface area contributed by atoms with Crippen LogP contribution in [0, 0.1) is 5.92 Å². The number of nitrogens with one attached hydrogen (secondary N) is 1. The number of aliphatic imine (C=N–C) groups is 1. The Kier molecular flexibility index (Phi) is 8.82. The number of aromatic nitrogens is 2. The summed E-state index contributed by atoms with van der Waals surface area (Å²) in [5.74, 6) is 1.72. The lowest BCUT2D eigenvalue weighted by Crippen LogP contribution is -2.49. The molecule has 0 radical (unpaired) electrons. The Bertz CT molecular complexity index is 432. The summed E-state index contributed by atoms with van der Waals surface area (Å²) < 4.78 is 2.24. The van der Waals surface area contributed by atoms with Gasteiger partial charge in [-0.25, -0.2) is 4.98 Å². The van der Waals surface area contributed by atoms with Crippen LogP contribution in [0.3, 0.4) is 0 Å². The first-order valence-electron chi connectivity index (χ1n) is 8.19. The number of likely N-dealkylation sites (tertiary alicyclic amines) is 1. The summed E-state index contributed by atoms with van der Waals surface area (Å²) in [6.45, 7) is 7.67. The summed E-state index contributed by atoms with van der Waals surface area (Å²) in [7, 11) is 1.88.